The van der Waals surface area contributed by atoms with Crippen LogP contribution < -0.4 is 14.9 Å². The van der Waals surface area contributed by atoms with Gasteiger partial charge in [-0.3, -0.25) is 4.79 Å². The van der Waals surface area contributed by atoms with E-state index in [0.717, 1.165) is 37.1 Å². The fraction of sp³-hybridized carbons (Fsp3) is 0.483. The largest absolute Gasteiger partial charge is 0.363 e. The molecule has 1 saturated heterocycles. The monoisotopic (exact) mass is 561 g/mol. The number of sulfonamides is 1. The van der Waals surface area contributed by atoms with Crippen molar-refractivity contribution in [2.24, 2.45) is 11.3 Å². The number of nitrogens with zero attached hydrogens (tertiary/aromatic N) is 5. The molecule has 1 spiro atoms. The number of nitrogens with one attached hydrogen (secondary N) is 2. The molecule has 1 aliphatic carbocycles. The highest BCUT2D eigenvalue weighted by atomic mass is 32.2. The summed E-state index contributed by atoms with van der Waals surface area (Å²) in [5, 5.41) is 3.19. The van der Waals surface area contributed by atoms with Gasteiger partial charge in [0.25, 0.3) is 15.9 Å². The molecule has 0 radical (unpaired) electrons. The quantitative estimate of drug-likeness (QED) is 0.448. The first-order valence-corrected chi connectivity index (χ1v) is 15.1. The molecule has 4 bridgehead atoms. The van der Waals surface area contributed by atoms with Gasteiger partial charge in [0.05, 0.1) is 11.6 Å². The van der Waals surface area contributed by atoms with Crippen molar-refractivity contribution >= 4 is 27.6 Å². The zero-order valence-electron chi connectivity index (χ0n) is 23.5. The first-order chi connectivity index (χ1) is 18.8. The fourth-order valence-corrected chi connectivity index (χ4v) is 7.37. The van der Waals surface area contributed by atoms with E-state index >= 15 is 0 Å². The van der Waals surface area contributed by atoms with E-state index in [9.17, 15) is 13.2 Å². The van der Waals surface area contributed by atoms with E-state index in [1.54, 1.807) is 30.6 Å². The second kappa shape index (κ2) is 8.95. The first-order valence-electron chi connectivity index (χ1n) is 13.6. The normalized spacial score (nSPS) is 26.8. The third kappa shape index (κ3) is 4.70. The summed E-state index contributed by atoms with van der Waals surface area (Å²) in [5.41, 5.74) is 1.52. The van der Waals surface area contributed by atoms with Gasteiger partial charge in [0.1, 0.15) is 18.0 Å². The highest BCUT2D eigenvalue weighted by Crippen LogP contribution is 2.65. The van der Waals surface area contributed by atoms with Crippen molar-refractivity contribution in [3.8, 4) is 0 Å². The van der Waals surface area contributed by atoms with Gasteiger partial charge in [0, 0.05) is 41.1 Å². The lowest BCUT2D eigenvalue weighted by Crippen LogP contribution is -2.41. The molecule has 1 amide bonds. The maximum absolute atomic E-state index is 13.6. The van der Waals surface area contributed by atoms with Gasteiger partial charge in [-0.25, -0.2) is 24.7 Å². The number of aromatic nitrogens is 4. The van der Waals surface area contributed by atoms with E-state index < -0.39 is 15.9 Å². The Labute approximate surface area is 235 Å². The lowest BCUT2D eigenvalue weighted by atomic mass is 9.90. The molecular weight excluding hydrogens is 526 g/mol. The van der Waals surface area contributed by atoms with E-state index in [2.05, 4.69) is 64.5 Å². The van der Waals surface area contributed by atoms with E-state index in [1.807, 2.05) is 6.07 Å². The molecule has 3 aromatic heterocycles. The second-order valence-electron chi connectivity index (χ2n) is 13.1. The van der Waals surface area contributed by atoms with Gasteiger partial charge >= 0.3 is 0 Å². The Balaban J connectivity index is 1.50. The number of pyridine rings is 2. The Morgan fingerprint density at radius 2 is 1.80 bits per heavy atom. The van der Waals surface area contributed by atoms with Gasteiger partial charge in [-0.15, -0.1) is 0 Å². The molecule has 11 heteroatoms. The fourth-order valence-electron chi connectivity index (χ4n) is 6.43. The van der Waals surface area contributed by atoms with Crippen molar-refractivity contribution < 1.29 is 13.2 Å². The summed E-state index contributed by atoms with van der Waals surface area (Å²) >= 11 is 0. The van der Waals surface area contributed by atoms with Gasteiger partial charge < -0.3 is 10.2 Å². The SMILES string of the molecule is CC(C)(C)c1ccc2c(n1)N1CC3(CC3CC(c3cncnc3)Nc3cccc(n3)S(=O)(=O)NC2=O)CC1(C)C. The molecule has 3 atom stereocenters. The van der Waals surface area contributed by atoms with Crippen LogP contribution in [-0.2, 0) is 15.4 Å². The average Bonchev–Trinajstić information content (AvgIpc) is 3.46. The van der Waals surface area contributed by atoms with E-state index in [1.165, 1.54) is 12.4 Å². The molecule has 1 saturated carbocycles. The Morgan fingerprint density at radius 3 is 2.52 bits per heavy atom. The van der Waals surface area contributed by atoms with E-state index in [0.29, 0.717) is 17.6 Å². The van der Waals surface area contributed by atoms with Gasteiger partial charge in [-0.1, -0.05) is 26.8 Å². The number of hydrogen-bond acceptors (Lipinski definition) is 9. The number of hydrogen-bond donors (Lipinski definition) is 2. The molecule has 3 aliphatic rings. The number of rotatable bonds is 1. The molecule has 5 heterocycles. The predicted molar refractivity (Wildman–Crippen MR) is 151 cm³/mol. The Kier molecular flexibility index (Phi) is 5.96. The van der Waals surface area contributed by atoms with Crippen LogP contribution in [0, 0.1) is 11.3 Å². The third-order valence-electron chi connectivity index (χ3n) is 8.54. The number of fused-ring (bicyclic) bond motifs is 5. The lowest BCUT2D eigenvalue weighted by Gasteiger charge is -2.34. The van der Waals surface area contributed by atoms with Gasteiger partial charge in [-0.05, 0) is 68.7 Å². The smallest absolute Gasteiger partial charge is 0.281 e. The first kappa shape index (κ1) is 26.6. The van der Waals surface area contributed by atoms with Crippen LogP contribution >= 0.6 is 0 Å². The summed E-state index contributed by atoms with van der Waals surface area (Å²) in [6.45, 7) is 11.3. The number of carbonyl (C=O) groups excluding carboxylic acids is 1. The summed E-state index contributed by atoms with van der Waals surface area (Å²) in [5.74, 6) is 0.616. The molecule has 2 aliphatic heterocycles. The van der Waals surface area contributed by atoms with Crippen molar-refractivity contribution in [1.82, 2.24) is 24.7 Å². The topological polar surface area (TPSA) is 130 Å². The molecule has 2 fully saturated rings. The van der Waals surface area contributed by atoms with Crippen LogP contribution in [0.4, 0.5) is 11.6 Å². The lowest BCUT2D eigenvalue weighted by molar-refractivity contribution is 0.0981. The number of amides is 1. The van der Waals surface area contributed by atoms with Crippen molar-refractivity contribution in [3.05, 3.63) is 65.9 Å². The second-order valence-corrected chi connectivity index (χ2v) is 14.7. The van der Waals surface area contributed by atoms with Crippen molar-refractivity contribution in [3.63, 3.8) is 0 Å². The van der Waals surface area contributed by atoms with Crippen molar-refractivity contribution in [2.75, 3.05) is 16.8 Å². The van der Waals surface area contributed by atoms with Crippen molar-refractivity contribution in [1.29, 1.82) is 0 Å². The summed E-state index contributed by atoms with van der Waals surface area (Å²) in [6, 6.07) is 8.08. The molecule has 210 valence electrons. The summed E-state index contributed by atoms with van der Waals surface area (Å²) in [6.07, 6.45) is 7.88. The van der Waals surface area contributed by atoms with Crippen molar-refractivity contribution in [2.45, 2.75) is 75.9 Å². The molecular formula is C29H35N7O3S. The summed E-state index contributed by atoms with van der Waals surface area (Å²) in [4.78, 5) is 33.7. The molecule has 40 heavy (non-hydrogen) atoms. The highest BCUT2D eigenvalue weighted by molar-refractivity contribution is 7.90. The third-order valence-corrected chi connectivity index (χ3v) is 9.77. The Bertz CT molecular complexity index is 1590. The number of carbonyl (C=O) groups is 1. The summed E-state index contributed by atoms with van der Waals surface area (Å²) in [7, 11) is -4.26. The predicted octanol–water partition coefficient (Wildman–Crippen LogP) is 4.23. The molecule has 3 unspecified atom stereocenters. The highest BCUT2D eigenvalue weighted by Gasteiger charge is 2.63. The average molecular weight is 562 g/mol. The van der Waals surface area contributed by atoms with Crippen LogP contribution in [0.3, 0.4) is 0 Å². The zero-order chi connectivity index (χ0) is 28.5. The minimum Gasteiger partial charge on any atom is -0.363 e. The van der Waals surface area contributed by atoms with Gasteiger partial charge in [0.2, 0.25) is 0 Å². The van der Waals surface area contributed by atoms with Crippen LogP contribution in [0.25, 0.3) is 0 Å². The molecule has 6 rings (SSSR count). The van der Waals surface area contributed by atoms with Gasteiger partial charge in [0.15, 0.2) is 5.03 Å². The van der Waals surface area contributed by atoms with Crippen LogP contribution in [0.5, 0.6) is 0 Å². The molecule has 2 N–H and O–H groups in total. The molecule has 0 aromatic carbocycles. The molecule has 10 nitrogen and oxygen atoms in total. The minimum atomic E-state index is -4.26. The van der Waals surface area contributed by atoms with Crippen LogP contribution in [0.15, 0.2) is 54.1 Å². The van der Waals surface area contributed by atoms with E-state index in [-0.39, 0.29) is 33.0 Å². The zero-order valence-corrected chi connectivity index (χ0v) is 24.3. The maximum atomic E-state index is 13.6. The van der Waals surface area contributed by atoms with Crippen LogP contribution in [0.2, 0.25) is 0 Å². The number of anilines is 2. The molecule has 3 aromatic rings. The van der Waals surface area contributed by atoms with Crippen LogP contribution in [-0.4, -0.2) is 46.3 Å². The minimum absolute atomic E-state index is 0.0633. The van der Waals surface area contributed by atoms with E-state index in [4.69, 9.17) is 4.98 Å². The van der Waals surface area contributed by atoms with Gasteiger partial charge in [-0.2, -0.15) is 8.42 Å². The van der Waals surface area contributed by atoms with Crippen LogP contribution in [0.1, 0.15) is 81.5 Å². The Hall–Kier alpha value is -3.60. The maximum Gasteiger partial charge on any atom is 0.281 e. The standard InChI is InChI=1S/C29H35N7O3S/c1-27(2,3)22-10-9-20-25(33-22)36-16-29(15-28(36,4)5)12-19(29)11-21(18-13-30-17-31-14-18)32-23-7-6-8-24(34-23)40(38,39)35-26(20)37/h6-10,13-14,17,19,21H,11-12,15-16H2,1-5H3,(H,32,34)(H,35,37). The summed E-state index contributed by atoms with van der Waals surface area (Å²) < 4.78 is 29.0. The Morgan fingerprint density at radius 1 is 1.05 bits per heavy atom.